The van der Waals surface area contributed by atoms with Crippen molar-refractivity contribution in [2.24, 2.45) is 0 Å². The molecule has 0 aliphatic carbocycles. The van der Waals surface area contributed by atoms with Crippen LogP contribution in [0, 0.1) is 6.92 Å². The van der Waals surface area contributed by atoms with E-state index in [-0.39, 0.29) is 18.3 Å². The number of rotatable bonds is 8. The molecular formula is C22H20ClF3N6O2S. The molecule has 2 aromatic carbocycles. The van der Waals surface area contributed by atoms with Crippen LogP contribution in [-0.2, 0) is 6.18 Å². The molecule has 184 valence electrons. The summed E-state index contributed by atoms with van der Waals surface area (Å²) >= 11 is 7.53. The van der Waals surface area contributed by atoms with Crippen LogP contribution in [0.4, 0.5) is 41.4 Å². The molecule has 2 aromatic heterocycles. The summed E-state index contributed by atoms with van der Waals surface area (Å²) in [5.74, 6) is 0.388. The smallest absolute Gasteiger partial charge is 0.394 e. The molecule has 5 N–H and O–H groups in total. The molecule has 0 aliphatic rings. The Morgan fingerprint density at radius 1 is 1.06 bits per heavy atom. The number of aliphatic hydroxyl groups is 2. The number of hydrogen-bond donors (Lipinski definition) is 5. The van der Waals surface area contributed by atoms with Crippen molar-refractivity contribution in [3.63, 3.8) is 0 Å². The molecule has 0 saturated heterocycles. The van der Waals surface area contributed by atoms with Gasteiger partial charge in [0, 0.05) is 12.2 Å². The number of nitrogens with zero attached hydrogens (tertiary/aromatic N) is 3. The fourth-order valence-corrected chi connectivity index (χ4v) is 4.21. The first-order chi connectivity index (χ1) is 16.6. The van der Waals surface area contributed by atoms with Gasteiger partial charge >= 0.3 is 6.18 Å². The molecule has 13 heteroatoms. The van der Waals surface area contributed by atoms with Crippen LogP contribution in [0.5, 0.6) is 0 Å². The highest BCUT2D eigenvalue weighted by Crippen LogP contribution is 2.36. The maximum atomic E-state index is 12.9. The third-order valence-electron chi connectivity index (χ3n) is 4.89. The number of benzene rings is 2. The Hall–Kier alpha value is -3.19. The molecule has 0 bridgehead atoms. The second-order valence-corrected chi connectivity index (χ2v) is 8.93. The van der Waals surface area contributed by atoms with Crippen molar-refractivity contribution in [2.45, 2.75) is 19.2 Å². The molecule has 0 fully saturated rings. The third-order valence-corrected chi connectivity index (χ3v) is 6.07. The van der Waals surface area contributed by atoms with Gasteiger partial charge in [-0.05, 0) is 42.8 Å². The van der Waals surface area contributed by atoms with E-state index in [2.05, 4.69) is 30.9 Å². The van der Waals surface area contributed by atoms with Gasteiger partial charge in [0.25, 0.3) is 0 Å². The average molecular weight is 525 g/mol. The summed E-state index contributed by atoms with van der Waals surface area (Å²) in [6.07, 6.45) is -5.47. The van der Waals surface area contributed by atoms with Gasteiger partial charge in [-0.25, -0.2) is 4.98 Å². The Balaban J connectivity index is 1.70. The van der Waals surface area contributed by atoms with E-state index >= 15 is 0 Å². The van der Waals surface area contributed by atoms with Gasteiger partial charge in [-0.1, -0.05) is 35.1 Å². The lowest BCUT2D eigenvalue weighted by Crippen LogP contribution is -2.23. The monoisotopic (exact) mass is 524 g/mol. The maximum absolute atomic E-state index is 12.9. The number of alkyl halides is 3. The van der Waals surface area contributed by atoms with Gasteiger partial charge in [-0.15, -0.1) is 0 Å². The summed E-state index contributed by atoms with van der Waals surface area (Å²) in [5.41, 5.74) is 1.57. The van der Waals surface area contributed by atoms with Crippen LogP contribution >= 0.6 is 22.9 Å². The highest BCUT2D eigenvalue weighted by atomic mass is 35.5. The van der Waals surface area contributed by atoms with E-state index in [0.717, 1.165) is 17.7 Å². The van der Waals surface area contributed by atoms with Crippen molar-refractivity contribution < 1.29 is 23.4 Å². The number of thiazole rings is 1. The van der Waals surface area contributed by atoms with Crippen LogP contribution in [0.1, 0.15) is 11.1 Å². The van der Waals surface area contributed by atoms with Crippen LogP contribution in [0.15, 0.2) is 42.5 Å². The summed E-state index contributed by atoms with van der Waals surface area (Å²) < 4.78 is 38.7. The zero-order valence-electron chi connectivity index (χ0n) is 18.2. The summed E-state index contributed by atoms with van der Waals surface area (Å²) in [4.78, 5) is 13.8. The van der Waals surface area contributed by atoms with E-state index in [1.165, 1.54) is 23.5 Å². The Kier molecular flexibility index (Phi) is 7.26. The van der Waals surface area contributed by atoms with Crippen LogP contribution in [0.2, 0.25) is 5.02 Å². The highest BCUT2D eigenvalue weighted by molar-refractivity contribution is 7.22. The molecule has 4 aromatic rings. The molecule has 0 radical (unpaired) electrons. The number of fused-ring (bicyclic) bond motifs is 1. The third kappa shape index (κ3) is 5.90. The van der Waals surface area contributed by atoms with Gasteiger partial charge in [0.15, 0.2) is 15.8 Å². The molecule has 35 heavy (non-hydrogen) atoms. The number of hydrogen-bond acceptors (Lipinski definition) is 9. The second-order valence-electron chi connectivity index (χ2n) is 7.54. The topological polar surface area (TPSA) is 115 Å². The summed E-state index contributed by atoms with van der Waals surface area (Å²) in [6.45, 7) is 1.44. The van der Waals surface area contributed by atoms with Crippen molar-refractivity contribution in [1.29, 1.82) is 0 Å². The largest absolute Gasteiger partial charge is 0.416 e. The van der Waals surface area contributed by atoms with E-state index in [0.29, 0.717) is 31.9 Å². The Morgan fingerprint density at radius 2 is 1.80 bits per heavy atom. The fourth-order valence-electron chi connectivity index (χ4n) is 3.09. The first-order valence-electron chi connectivity index (χ1n) is 10.3. The predicted octanol–water partition coefficient (Wildman–Crippen LogP) is 5.32. The van der Waals surface area contributed by atoms with Gasteiger partial charge in [0.1, 0.15) is 5.52 Å². The number of halogens is 4. The van der Waals surface area contributed by atoms with Crippen LogP contribution in [0.25, 0.3) is 10.3 Å². The van der Waals surface area contributed by atoms with E-state index in [1.807, 2.05) is 19.1 Å². The van der Waals surface area contributed by atoms with Crippen molar-refractivity contribution in [1.82, 2.24) is 15.0 Å². The number of aromatic nitrogens is 3. The molecule has 0 spiro atoms. The van der Waals surface area contributed by atoms with Crippen molar-refractivity contribution in [3.8, 4) is 0 Å². The van der Waals surface area contributed by atoms with E-state index in [9.17, 15) is 18.3 Å². The first kappa shape index (κ1) is 24.9. The molecular weight excluding hydrogens is 505 g/mol. The van der Waals surface area contributed by atoms with Gasteiger partial charge in [-0.3, -0.25) is 0 Å². The minimum atomic E-state index is -4.45. The minimum Gasteiger partial charge on any atom is -0.394 e. The molecule has 0 amide bonds. The quantitative estimate of drug-likeness (QED) is 0.210. The molecule has 0 saturated carbocycles. The lowest BCUT2D eigenvalue weighted by molar-refractivity contribution is -0.137. The summed E-state index contributed by atoms with van der Waals surface area (Å²) in [7, 11) is 0. The lowest BCUT2D eigenvalue weighted by atomic mass is 10.2. The Labute approximate surface area is 206 Å². The van der Waals surface area contributed by atoms with Gasteiger partial charge in [0.2, 0.25) is 5.95 Å². The minimum absolute atomic E-state index is 0.00947. The summed E-state index contributed by atoms with van der Waals surface area (Å²) in [5, 5.41) is 28.7. The predicted molar refractivity (Wildman–Crippen MR) is 131 cm³/mol. The summed E-state index contributed by atoms with van der Waals surface area (Å²) in [6, 6.07) is 9.98. The highest BCUT2D eigenvalue weighted by Gasteiger charge is 2.30. The molecule has 2 heterocycles. The number of aliphatic hydroxyl groups excluding tert-OH is 2. The molecule has 0 aliphatic heterocycles. The first-order valence-corrected chi connectivity index (χ1v) is 11.5. The number of nitrogens with one attached hydrogen (secondary N) is 3. The fraction of sp³-hybridized carbons (Fsp3) is 0.227. The van der Waals surface area contributed by atoms with E-state index in [1.54, 1.807) is 6.07 Å². The molecule has 1 atom stereocenters. The maximum Gasteiger partial charge on any atom is 0.416 e. The SMILES string of the molecule is Cc1cccc(Cl)c1Nc1nc2c(Nc3ccc(C(F)(F)F)cc3)nc(NCC(O)CO)nc2s1. The average Bonchev–Trinajstić information content (AvgIpc) is 3.22. The van der Waals surface area contributed by atoms with Crippen LogP contribution < -0.4 is 16.0 Å². The Morgan fingerprint density at radius 3 is 2.46 bits per heavy atom. The number of para-hydroxylation sites is 1. The van der Waals surface area contributed by atoms with E-state index < -0.39 is 24.5 Å². The normalized spacial score (nSPS) is 12.5. The second kappa shape index (κ2) is 10.2. The van der Waals surface area contributed by atoms with Crippen LogP contribution in [-0.4, -0.2) is 44.4 Å². The zero-order valence-corrected chi connectivity index (χ0v) is 19.8. The van der Waals surface area contributed by atoms with Gasteiger partial charge < -0.3 is 26.2 Å². The number of anilines is 5. The molecule has 1 unspecified atom stereocenters. The molecule has 4 rings (SSSR count). The van der Waals surface area contributed by atoms with Crippen molar-refractivity contribution >= 4 is 61.6 Å². The zero-order chi connectivity index (χ0) is 25.2. The number of aryl methyl sites for hydroxylation is 1. The standard InChI is InChI=1S/C22H20ClF3N6O2S/c1-11-3-2-4-15(23)16(11)29-21-30-17-18(28-13-7-5-12(6-8-13)22(24,25)26)31-20(32-19(17)35-21)27-9-14(34)10-33/h2-8,14,33-34H,9-10H2,1H3,(H,29,30)(H2,27,28,31,32). The molecule has 8 nitrogen and oxygen atoms in total. The van der Waals surface area contributed by atoms with Crippen molar-refractivity contribution in [2.75, 3.05) is 29.1 Å². The Bertz CT molecular complexity index is 1310. The van der Waals surface area contributed by atoms with Gasteiger partial charge in [-0.2, -0.15) is 23.1 Å². The van der Waals surface area contributed by atoms with Crippen molar-refractivity contribution in [3.05, 3.63) is 58.6 Å². The lowest BCUT2D eigenvalue weighted by Gasteiger charge is -2.12. The van der Waals surface area contributed by atoms with Crippen LogP contribution in [0.3, 0.4) is 0 Å². The van der Waals surface area contributed by atoms with E-state index in [4.69, 9.17) is 16.7 Å². The van der Waals surface area contributed by atoms with Gasteiger partial charge in [0.05, 0.1) is 29.0 Å².